The third-order valence-electron chi connectivity index (χ3n) is 5.58. The van der Waals surface area contributed by atoms with E-state index in [9.17, 15) is 9.90 Å². The number of amides is 1. The molecule has 24 heavy (non-hydrogen) atoms. The fraction of sp³-hybridized carbons (Fsp3) is 0.684. The highest BCUT2D eigenvalue weighted by atomic mass is 16.3. The van der Waals surface area contributed by atoms with Crippen molar-refractivity contribution >= 4 is 11.7 Å². The van der Waals surface area contributed by atoms with Crippen molar-refractivity contribution in [2.75, 3.05) is 31.6 Å². The third kappa shape index (κ3) is 3.89. The predicted molar refractivity (Wildman–Crippen MR) is 95.2 cm³/mol. The monoisotopic (exact) mass is 331 g/mol. The Kier molecular flexibility index (Phi) is 5.39. The van der Waals surface area contributed by atoms with Gasteiger partial charge in [-0.2, -0.15) is 0 Å². The summed E-state index contributed by atoms with van der Waals surface area (Å²) in [6.07, 6.45) is 6.75. The molecule has 2 aliphatic rings. The lowest BCUT2D eigenvalue weighted by molar-refractivity contribution is 0.0693. The second-order valence-electron chi connectivity index (χ2n) is 7.52. The molecule has 2 heterocycles. The third-order valence-corrected chi connectivity index (χ3v) is 5.58. The van der Waals surface area contributed by atoms with E-state index in [1.807, 2.05) is 19.2 Å². The zero-order valence-electron chi connectivity index (χ0n) is 14.8. The van der Waals surface area contributed by atoms with Gasteiger partial charge in [0.05, 0.1) is 11.7 Å². The Morgan fingerprint density at radius 3 is 2.62 bits per heavy atom. The second kappa shape index (κ2) is 7.51. The minimum atomic E-state index is -0.262. The summed E-state index contributed by atoms with van der Waals surface area (Å²) in [4.78, 5) is 21.1. The summed E-state index contributed by atoms with van der Waals surface area (Å²) in [7, 11) is 1.81. The van der Waals surface area contributed by atoms with Crippen LogP contribution in [-0.2, 0) is 0 Å². The van der Waals surface area contributed by atoms with Crippen molar-refractivity contribution in [1.82, 2.24) is 9.88 Å². The molecule has 1 N–H and O–H groups in total. The smallest absolute Gasteiger partial charge is 0.255 e. The van der Waals surface area contributed by atoms with Crippen LogP contribution in [-0.4, -0.2) is 53.7 Å². The van der Waals surface area contributed by atoms with Gasteiger partial charge in [0.2, 0.25) is 0 Å². The SMILES string of the molecule is CC1CCN(c2ccc(C(=O)N(C)CC3CCCC3O)cn2)CC1. The highest BCUT2D eigenvalue weighted by Crippen LogP contribution is 2.26. The highest BCUT2D eigenvalue weighted by Gasteiger charge is 2.28. The number of aliphatic hydroxyl groups is 1. The maximum Gasteiger partial charge on any atom is 0.255 e. The quantitative estimate of drug-likeness (QED) is 0.921. The molecule has 2 unspecified atom stereocenters. The number of hydrogen-bond acceptors (Lipinski definition) is 4. The van der Waals surface area contributed by atoms with Gasteiger partial charge in [-0.3, -0.25) is 4.79 Å². The molecule has 1 aliphatic carbocycles. The molecule has 0 bridgehead atoms. The number of carbonyl (C=O) groups excluding carboxylic acids is 1. The molecule has 0 radical (unpaired) electrons. The molecule has 1 saturated carbocycles. The molecule has 132 valence electrons. The topological polar surface area (TPSA) is 56.7 Å². The Labute approximate surface area is 144 Å². The van der Waals surface area contributed by atoms with Gasteiger partial charge in [0.1, 0.15) is 5.82 Å². The van der Waals surface area contributed by atoms with Gasteiger partial charge >= 0.3 is 0 Å². The fourth-order valence-electron chi connectivity index (χ4n) is 3.82. The minimum absolute atomic E-state index is 0.0135. The zero-order valence-corrected chi connectivity index (χ0v) is 14.8. The van der Waals surface area contributed by atoms with Crippen LogP contribution in [0.2, 0.25) is 0 Å². The van der Waals surface area contributed by atoms with Crippen molar-refractivity contribution < 1.29 is 9.90 Å². The number of pyridine rings is 1. The van der Waals surface area contributed by atoms with Gasteiger partial charge in [-0.15, -0.1) is 0 Å². The number of anilines is 1. The van der Waals surface area contributed by atoms with Crippen molar-refractivity contribution in [1.29, 1.82) is 0 Å². The lowest BCUT2D eigenvalue weighted by atomic mass is 9.99. The Hall–Kier alpha value is -1.62. The summed E-state index contributed by atoms with van der Waals surface area (Å²) in [5, 5.41) is 9.93. The first-order valence-corrected chi connectivity index (χ1v) is 9.19. The average Bonchev–Trinajstić information content (AvgIpc) is 3.00. The van der Waals surface area contributed by atoms with Crippen LogP contribution in [0.5, 0.6) is 0 Å². The molecule has 1 amide bonds. The van der Waals surface area contributed by atoms with Crippen LogP contribution in [0.3, 0.4) is 0 Å². The van der Waals surface area contributed by atoms with E-state index in [0.29, 0.717) is 12.1 Å². The molecular formula is C19H29N3O2. The molecular weight excluding hydrogens is 302 g/mol. The Morgan fingerprint density at radius 1 is 1.29 bits per heavy atom. The summed E-state index contributed by atoms with van der Waals surface area (Å²) in [6.45, 7) is 5.00. The predicted octanol–water partition coefficient (Wildman–Crippen LogP) is 2.55. The van der Waals surface area contributed by atoms with Crippen LogP contribution in [0.15, 0.2) is 18.3 Å². The summed E-state index contributed by atoms with van der Waals surface area (Å²) < 4.78 is 0. The summed E-state index contributed by atoms with van der Waals surface area (Å²) in [6, 6.07) is 3.84. The molecule has 5 nitrogen and oxygen atoms in total. The lowest BCUT2D eigenvalue weighted by Crippen LogP contribution is -2.35. The molecule has 3 rings (SSSR count). The van der Waals surface area contributed by atoms with Crippen LogP contribution in [0.1, 0.15) is 49.4 Å². The first kappa shape index (κ1) is 17.2. The normalized spacial score (nSPS) is 25.0. The van der Waals surface area contributed by atoms with Crippen molar-refractivity contribution in [2.45, 2.75) is 45.1 Å². The number of nitrogens with zero attached hydrogens (tertiary/aromatic N) is 3. The molecule has 2 atom stereocenters. The van der Waals surface area contributed by atoms with E-state index in [1.54, 1.807) is 11.1 Å². The van der Waals surface area contributed by atoms with E-state index in [1.165, 1.54) is 12.8 Å². The van der Waals surface area contributed by atoms with Crippen LogP contribution in [0, 0.1) is 11.8 Å². The highest BCUT2D eigenvalue weighted by molar-refractivity contribution is 5.93. The van der Waals surface area contributed by atoms with E-state index in [2.05, 4.69) is 16.8 Å². The van der Waals surface area contributed by atoms with E-state index in [0.717, 1.165) is 44.1 Å². The Bertz CT molecular complexity index is 552. The summed E-state index contributed by atoms with van der Waals surface area (Å²) in [5.41, 5.74) is 0.624. The van der Waals surface area contributed by atoms with E-state index in [4.69, 9.17) is 0 Å². The zero-order chi connectivity index (χ0) is 17.1. The average molecular weight is 331 g/mol. The second-order valence-corrected chi connectivity index (χ2v) is 7.52. The van der Waals surface area contributed by atoms with Crippen molar-refractivity contribution in [3.05, 3.63) is 23.9 Å². The maximum atomic E-state index is 12.6. The summed E-state index contributed by atoms with van der Waals surface area (Å²) in [5.74, 6) is 1.95. The lowest BCUT2D eigenvalue weighted by Gasteiger charge is -2.31. The fourth-order valence-corrected chi connectivity index (χ4v) is 3.82. The van der Waals surface area contributed by atoms with Gasteiger partial charge in [-0.25, -0.2) is 4.98 Å². The molecule has 1 aromatic rings. The molecule has 0 spiro atoms. The van der Waals surface area contributed by atoms with Gasteiger partial charge in [0, 0.05) is 38.8 Å². The van der Waals surface area contributed by atoms with Gasteiger partial charge < -0.3 is 14.9 Å². The number of rotatable bonds is 4. The van der Waals surface area contributed by atoms with Crippen LogP contribution in [0.25, 0.3) is 0 Å². The van der Waals surface area contributed by atoms with Gasteiger partial charge in [-0.1, -0.05) is 13.3 Å². The first-order valence-electron chi connectivity index (χ1n) is 9.19. The van der Waals surface area contributed by atoms with Crippen LogP contribution < -0.4 is 4.90 Å². The van der Waals surface area contributed by atoms with Gasteiger partial charge in [0.15, 0.2) is 0 Å². The van der Waals surface area contributed by atoms with Gasteiger partial charge in [-0.05, 0) is 43.7 Å². The molecule has 1 aromatic heterocycles. The number of aliphatic hydroxyl groups excluding tert-OH is 1. The Balaban J connectivity index is 1.59. The number of hydrogen-bond donors (Lipinski definition) is 1. The standard InChI is InChI=1S/C19H29N3O2/c1-14-8-10-22(11-9-14)18-7-6-15(12-20-18)19(24)21(2)13-16-4-3-5-17(16)23/h6-7,12,14,16-17,23H,3-5,8-11,13H2,1-2H3. The molecule has 5 heteroatoms. The minimum Gasteiger partial charge on any atom is -0.393 e. The van der Waals surface area contributed by atoms with Crippen LogP contribution >= 0.6 is 0 Å². The number of piperidine rings is 1. The van der Waals surface area contributed by atoms with Crippen molar-refractivity contribution in [2.24, 2.45) is 11.8 Å². The van der Waals surface area contributed by atoms with E-state index in [-0.39, 0.29) is 17.9 Å². The molecule has 2 fully saturated rings. The maximum absolute atomic E-state index is 12.6. The molecule has 0 aromatic carbocycles. The summed E-state index contributed by atoms with van der Waals surface area (Å²) >= 11 is 0. The largest absolute Gasteiger partial charge is 0.393 e. The molecule has 1 saturated heterocycles. The number of carbonyl (C=O) groups is 1. The van der Waals surface area contributed by atoms with Crippen LogP contribution in [0.4, 0.5) is 5.82 Å². The number of aromatic nitrogens is 1. The molecule has 1 aliphatic heterocycles. The van der Waals surface area contributed by atoms with Crippen molar-refractivity contribution in [3.8, 4) is 0 Å². The first-order chi connectivity index (χ1) is 11.5. The van der Waals surface area contributed by atoms with Crippen molar-refractivity contribution in [3.63, 3.8) is 0 Å². The van der Waals surface area contributed by atoms with Gasteiger partial charge in [0.25, 0.3) is 5.91 Å². The van der Waals surface area contributed by atoms with E-state index < -0.39 is 0 Å². The van der Waals surface area contributed by atoms with E-state index >= 15 is 0 Å². The Morgan fingerprint density at radius 2 is 2.04 bits per heavy atom.